The molecule has 0 bridgehead atoms. The van der Waals surface area contributed by atoms with Crippen LogP contribution in [-0.4, -0.2) is 10.4 Å². The van der Waals surface area contributed by atoms with Crippen molar-refractivity contribution < 1.29 is 4.79 Å². The number of hydrogen-bond donors (Lipinski definition) is 0. The molecule has 0 aliphatic heterocycles. The summed E-state index contributed by atoms with van der Waals surface area (Å²) >= 11 is 1.35. The Balaban J connectivity index is 2.50. The van der Waals surface area contributed by atoms with E-state index in [1.165, 1.54) is 16.9 Å². The zero-order valence-electron chi connectivity index (χ0n) is 16.1. The van der Waals surface area contributed by atoms with E-state index in [2.05, 4.69) is 32.9 Å². The van der Waals surface area contributed by atoms with Crippen LogP contribution in [0.1, 0.15) is 52.7 Å². The largest absolute Gasteiger partial charge is 0.302 e. The second-order valence-electron chi connectivity index (χ2n) is 8.44. The van der Waals surface area contributed by atoms with Gasteiger partial charge >= 0.3 is 0 Å². The molecule has 1 heterocycles. The molecule has 1 aromatic carbocycles. The van der Waals surface area contributed by atoms with Gasteiger partial charge in [0.05, 0.1) is 4.53 Å². The average molecular weight is 358 g/mol. The highest BCUT2D eigenvalue weighted by molar-refractivity contribution is 7.07. The van der Waals surface area contributed by atoms with Gasteiger partial charge in [-0.1, -0.05) is 65.8 Å². The molecule has 0 atom stereocenters. The van der Waals surface area contributed by atoms with Gasteiger partial charge in [-0.25, -0.2) is 0 Å². The van der Waals surface area contributed by atoms with Crippen molar-refractivity contribution in [3.8, 4) is 0 Å². The van der Waals surface area contributed by atoms with Crippen molar-refractivity contribution in [2.45, 2.75) is 47.0 Å². The Hall–Kier alpha value is -1.94. The molecule has 2 aromatic rings. The molecule has 4 heteroatoms. The number of thiazole rings is 1. The van der Waals surface area contributed by atoms with Gasteiger partial charge in [0, 0.05) is 18.5 Å². The highest BCUT2D eigenvalue weighted by Gasteiger charge is 2.19. The number of hydrogen-bond acceptors (Lipinski definition) is 3. The van der Waals surface area contributed by atoms with Crippen LogP contribution in [0, 0.1) is 5.41 Å². The first-order chi connectivity index (χ1) is 11.4. The lowest BCUT2D eigenvalue weighted by molar-refractivity contribution is -0.120. The van der Waals surface area contributed by atoms with Crippen LogP contribution >= 0.6 is 11.3 Å². The average Bonchev–Trinajstić information content (AvgIpc) is 2.74. The third-order valence-corrected chi connectivity index (χ3v) is 5.24. The predicted octanol–water partition coefficient (Wildman–Crippen LogP) is 2.97. The highest BCUT2D eigenvalue weighted by atomic mass is 32.1. The van der Waals surface area contributed by atoms with Crippen molar-refractivity contribution in [2.24, 2.45) is 12.5 Å². The molecule has 0 fully saturated rings. The maximum absolute atomic E-state index is 12.5. The topological polar surface area (TPSA) is 39.1 Å². The summed E-state index contributed by atoms with van der Waals surface area (Å²) in [5.41, 5.74) is 1.83. The van der Waals surface area contributed by atoms with Crippen LogP contribution in [0.4, 0.5) is 0 Å². The molecule has 0 aliphatic carbocycles. The fourth-order valence-corrected chi connectivity index (χ4v) is 3.30. The fraction of sp³-hybridized carbons (Fsp3) is 0.429. The lowest BCUT2D eigenvalue weighted by Crippen LogP contribution is -2.30. The van der Waals surface area contributed by atoms with E-state index in [0.717, 1.165) is 5.56 Å². The molecule has 0 N–H and O–H groups in total. The summed E-state index contributed by atoms with van der Waals surface area (Å²) in [5, 5.41) is 0. The first-order valence-electron chi connectivity index (χ1n) is 8.44. The maximum Gasteiger partial charge on any atom is 0.268 e. The molecule has 0 unspecified atom stereocenters. The van der Waals surface area contributed by atoms with E-state index < -0.39 is 5.41 Å². The minimum Gasteiger partial charge on any atom is -0.302 e. The minimum absolute atomic E-state index is 0.0189. The molecule has 0 amide bonds. The molecule has 0 saturated carbocycles. The van der Waals surface area contributed by atoms with Crippen molar-refractivity contribution in [2.75, 3.05) is 0 Å². The summed E-state index contributed by atoms with van der Waals surface area (Å²) in [5.74, 6) is 0.0189. The summed E-state index contributed by atoms with van der Waals surface area (Å²) in [6, 6.07) is 8.26. The van der Waals surface area contributed by atoms with Gasteiger partial charge in [-0.05, 0) is 22.6 Å². The molecule has 2 rings (SSSR count). The lowest BCUT2D eigenvalue weighted by atomic mass is 9.87. The quantitative estimate of drug-likeness (QED) is 0.829. The lowest BCUT2D eigenvalue weighted by Gasteiger charge is -2.18. The normalized spacial score (nSPS) is 14.2. The van der Waals surface area contributed by atoms with Crippen molar-refractivity contribution >= 4 is 29.3 Å². The number of ketones is 1. The number of carbonyl (C=O) groups is 1. The number of benzene rings is 1. The maximum atomic E-state index is 12.5. The molecule has 0 aliphatic rings. The Kier molecular flexibility index (Phi) is 5.24. The predicted molar refractivity (Wildman–Crippen MR) is 106 cm³/mol. The van der Waals surface area contributed by atoms with Crippen molar-refractivity contribution in [1.82, 2.24) is 4.57 Å². The molecular formula is C21H27NO2S. The van der Waals surface area contributed by atoms with E-state index in [9.17, 15) is 9.59 Å². The highest BCUT2D eigenvalue weighted by Crippen LogP contribution is 2.22. The van der Waals surface area contributed by atoms with Gasteiger partial charge < -0.3 is 4.57 Å². The third-order valence-electron chi connectivity index (χ3n) is 4.13. The minimum atomic E-state index is -0.452. The van der Waals surface area contributed by atoms with Crippen molar-refractivity contribution in [3.05, 3.63) is 54.9 Å². The second-order valence-corrected chi connectivity index (χ2v) is 9.51. The summed E-state index contributed by atoms with van der Waals surface area (Å²) in [7, 11) is 1.71. The molecule has 25 heavy (non-hydrogen) atoms. The van der Waals surface area contributed by atoms with Gasteiger partial charge in [0.2, 0.25) is 0 Å². The van der Waals surface area contributed by atoms with Crippen LogP contribution < -0.4 is 14.8 Å². The Morgan fingerprint density at radius 1 is 1.04 bits per heavy atom. The molecule has 0 radical (unpaired) electrons. The van der Waals surface area contributed by atoms with Gasteiger partial charge in [0.25, 0.3) is 5.56 Å². The zero-order valence-corrected chi connectivity index (χ0v) is 17.0. The monoisotopic (exact) mass is 357 g/mol. The van der Waals surface area contributed by atoms with E-state index in [0.29, 0.717) is 9.20 Å². The van der Waals surface area contributed by atoms with Gasteiger partial charge in [-0.3, -0.25) is 9.59 Å². The van der Waals surface area contributed by atoms with E-state index in [1.54, 1.807) is 17.7 Å². The molecule has 134 valence electrons. The van der Waals surface area contributed by atoms with Crippen LogP contribution in [0.15, 0.2) is 29.1 Å². The summed E-state index contributed by atoms with van der Waals surface area (Å²) in [6.45, 7) is 12.2. The molecular weight excluding hydrogens is 330 g/mol. The second kappa shape index (κ2) is 6.75. The van der Waals surface area contributed by atoms with Crippen LogP contribution in [0.2, 0.25) is 0 Å². The van der Waals surface area contributed by atoms with E-state index in [1.807, 2.05) is 39.0 Å². The number of rotatable bonds is 2. The van der Waals surface area contributed by atoms with Gasteiger partial charge in [-0.2, -0.15) is 0 Å². The van der Waals surface area contributed by atoms with Crippen LogP contribution in [-0.2, 0) is 17.3 Å². The first kappa shape index (κ1) is 19.4. The third kappa shape index (κ3) is 4.57. The Bertz CT molecular complexity index is 946. The number of nitrogens with zero attached hydrogens (tertiary/aromatic N) is 1. The standard InChI is InChI=1S/C21H27NO2S/c1-20(2,3)15-10-8-14(9-11-15)12-16-19(24)22(7)18(25-16)13-17(23)21(4,5)6/h8-13H,1-7H3. The SMILES string of the molecule is Cn1c(=CC(=O)C(C)(C)C)sc(=Cc2ccc(C(C)(C)C)cc2)c1=O. The number of carbonyl (C=O) groups excluding carboxylic acids is 1. The Labute approximate surface area is 153 Å². The van der Waals surface area contributed by atoms with Gasteiger partial charge in [0.1, 0.15) is 4.66 Å². The van der Waals surface area contributed by atoms with Gasteiger partial charge in [-0.15, -0.1) is 11.3 Å². The van der Waals surface area contributed by atoms with Crippen LogP contribution in [0.3, 0.4) is 0 Å². The first-order valence-corrected chi connectivity index (χ1v) is 9.25. The van der Waals surface area contributed by atoms with E-state index in [-0.39, 0.29) is 16.8 Å². The molecule has 0 spiro atoms. The Morgan fingerprint density at radius 2 is 1.60 bits per heavy atom. The Morgan fingerprint density at radius 3 is 2.08 bits per heavy atom. The summed E-state index contributed by atoms with van der Waals surface area (Å²) < 4.78 is 2.87. The fourth-order valence-electron chi connectivity index (χ4n) is 2.27. The smallest absolute Gasteiger partial charge is 0.268 e. The van der Waals surface area contributed by atoms with E-state index in [4.69, 9.17) is 0 Å². The molecule has 0 saturated heterocycles. The van der Waals surface area contributed by atoms with Gasteiger partial charge in [0.15, 0.2) is 5.78 Å². The summed E-state index contributed by atoms with van der Waals surface area (Å²) in [4.78, 5) is 24.7. The van der Waals surface area contributed by atoms with Crippen molar-refractivity contribution in [1.29, 1.82) is 0 Å². The molecule has 3 nitrogen and oxygen atoms in total. The number of Topliss-reactive ketones (excluding diaryl/α,β-unsaturated/α-hetero) is 1. The van der Waals surface area contributed by atoms with E-state index >= 15 is 0 Å². The molecule has 1 aromatic heterocycles. The zero-order chi connectivity index (χ0) is 19.0. The van der Waals surface area contributed by atoms with Crippen molar-refractivity contribution in [3.63, 3.8) is 0 Å². The van der Waals surface area contributed by atoms with Crippen LogP contribution in [0.25, 0.3) is 12.2 Å². The number of aromatic nitrogens is 1. The summed E-state index contributed by atoms with van der Waals surface area (Å²) in [6.07, 6.45) is 3.46. The van der Waals surface area contributed by atoms with Crippen LogP contribution in [0.5, 0.6) is 0 Å².